The van der Waals surface area contributed by atoms with Gasteiger partial charge >= 0.3 is 5.97 Å². The predicted octanol–water partition coefficient (Wildman–Crippen LogP) is -0.987. The van der Waals surface area contributed by atoms with Crippen molar-refractivity contribution in [2.75, 3.05) is 13.7 Å². The van der Waals surface area contributed by atoms with Crippen molar-refractivity contribution in [3.05, 3.63) is 35.9 Å². The van der Waals surface area contributed by atoms with Gasteiger partial charge in [0.2, 0.25) is 0 Å². The Bertz CT molecular complexity index is 651. The molecule has 1 unspecified atom stereocenters. The lowest BCUT2D eigenvalue weighted by Crippen LogP contribution is -2.54. The zero-order valence-corrected chi connectivity index (χ0v) is 16.7. The van der Waals surface area contributed by atoms with E-state index in [0.29, 0.717) is 24.2 Å². The lowest BCUT2D eigenvalue weighted by Gasteiger charge is -2.45. The Morgan fingerprint density at radius 2 is 1.59 bits per heavy atom. The molecule has 3 fully saturated rings. The highest BCUT2D eigenvalue weighted by Gasteiger charge is 2.69. The molecule has 9 heteroatoms. The second-order valence-electron chi connectivity index (χ2n) is 7.22. The van der Waals surface area contributed by atoms with Gasteiger partial charge < -0.3 is 26.6 Å². The number of carboxylic acid groups (broad SMARTS) is 1. The smallest absolute Gasteiger partial charge is 0.316 e. The molecule has 0 spiro atoms. The summed E-state index contributed by atoms with van der Waals surface area (Å²) in [5.74, 6) is -0.590. The SMILES string of the molecule is Br.CN1[C@@H]2CC([C@](CO)(C(=O)O)c3ccccc3)C[C@H]1[C@H]1C(=O)[C@H]12.O.O.O. The van der Waals surface area contributed by atoms with Crippen LogP contribution in [0.4, 0.5) is 0 Å². The summed E-state index contributed by atoms with van der Waals surface area (Å²) < 4.78 is 0. The number of carbonyl (C=O) groups excluding carboxylic acids is 1. The Morgan fingerprint density at radius 1 is 1.11 bits per heavy atom. The number of piperidine rings is 2. The highest BCUT2D eigenvalue weighted by molar-refractivity contribution is 8.93. The number of carboxylic acids is 1. The van der Waals surface area contributed by atoms with Gasteiger partial charge in [0, 0.05) is 23.9 Å². The van der Waals surface area contributed by atoms with Crippen LogP contribution in [0.2, 0.25) is 0 Å². The van der Waals surface area contributed by atoms with E-state index >= 15 is 0 Å². The van der Waals surface area contributed by atoms with Crippen molar-refractivity contribution in [3.8, 4) is 0 Å². The maximum atomic E-state index is 12.2. The molecule has 2 heterocycles. The molecule has 2 aliphatic heterocycles. The fourth-order valence-electron chi connectivity index (χ4n) is 5.15. The maximum Gasteiger partial charge on any atom is 0.316 e. The van der Waals surface area contributed by atoms with Crippen LogP contribution >= 0.6 is 17.0 Å². The number of fused-ring (bicyclic) bond motifs is 5. The highest BCUT2D eigenvalue weighted by Crippen LogP contribution is 2.58. The number of benzene rings is 1. The van der Waals surface area contributed by atoms with E-state index in [0.717, 1.165) is 0 Å². The van der Waals surface area contributed by atoms with E-state index < -0.39 is 18.0 Å². The fraction of sp³-hybridized carbons (Fsp3) is 0.556. The predicted molar refractivity (Wildman–Crippen MR) is 104 cm³/mol. The summed E-state index contributed by atoms with van der Waals surface area (Å²) in [4.78, 5) is 26.3. The van der Waals surface area contributed by atoms with E-state index in [1.165, 1.54) is 0 Å². The van der Waals surface area contributed by atoms with E-state index in [2.05, 4.69) is 4.90 Å². The molecule has 8 nitrogen and oxygen atoms in total. The minimum atomic E-state index is -1.28. The Labute approximate surface area is 167 Å². The van der Waals surface area contributed by atoms with Crippen molar-refractivity contribution in [3.63, 3.8) is 0 Å². The third kappa shape index (κ3) is 3.32. The Balaban J connectivity index is 0.00000169. The maximum absolute atomic E-state index is 12.2. The summed E-state index contributed by atoms with van der Waals surface area (Å²) in [6.07, 6.45) is 1.31. The molecule has 27 heavy (non-hydrogen) atoms. The van der Waals surface area contributed by atoms with Gasteiger partial charge in [-0.15, -0.1) is 17.0 Å². The van der Waals surface area contributed by atoms with Gasteiger partial charge in [0.1, 0.15) is 11.2 Å². The molecular weight excluding hydrogens is 422 g/mol. The second kappa shape index (κ2) is 8.76. The number of aliphatic carboxylic acids is 1. The first-order chi connectivity index (χ1) is 11.0. The average Bonchev–Trinajstić information content (AvgIpc) is 3.17. The van der Waals surface area contributed by atoms with Gasteiger partial charge in [-0.2, -0.15) is 0 Å². The molecule has 0 radical (unpaired) electrons. The first-order valence-electron chi connectivity index (χ1n) is 8.17. The summed E-state index contributed by atoms with van der Waals surface area (Å²) in [6.45, 7) is -0.413. The largest absolute Gasteiger partial charge is 0.481 e. The summed E-state index contributed by atoms with van der Waals surface area (Å²) >= 11 is 0. The molecule has 0 amide bonds. The lowest BCUT2D eigenvalue weighted by molar-refractivity contribution is -0.150. The summed E-state index contributed by atoms with van der Waals surface area (Å²) in [5, 5.41) is 20.1. The molecular formula is C18H28BrNO7. The van der Waals surface area contributed by atoms with Gasteiger partial charge in [-0.3, -0.25) is 14.5 Å². The minimum absolute atomic E-state index is 0. The minimum Gasteiger partial charge on any atom is -0.481 e. The number of carbonyl (C=O) groups is 2. The van der Waals surface area contributed by atoms with E-state index in [4.69, 9.17) is 0 Å². The van der Waals surface area contributed by atoms with E-state index in [1.807, 2.05) is 25.2 Å². The number of hydrogen-bond donors (Lipinski definition) is 2. The molecule has 4 rings (SSSR count). The Kier molecular flexibility index (Phi) is 8.32. The van der Waals surface area contributed by atoms with Crippen LogP contribution in [0.5, 0.6) is 0 Å². The number of halogens is 1. The van der Waals surface area contributed by atoms with E-state index in [9.17, 15) is 19.8 Å². The molecule has 2 bridgehead atoms. The zero-order chi connectivity index (χ0) is 16.4. The van der Waals surface area contributed by atoms with Crippen molar-refractivity contribution in [1.29, 1.82) is 0 Å². The van der Waals surface area contributed by atoms with E-state index in [-0.39, 0.29) is 63.2 Å². The van der Waals surface area contributed by atoms with Crippen LogP contribution in [-0.2, 0) is 15.0 Å². The number of aliphatic hydroxyl groups is 1. The van der Waals surface area contributed by atoms with Crippen LogP contribution in [0.25, 0.3) is 0 Å². The molecule has 1 aromatic carbocycles. The summed E-state index contributed by atoms with van der Waals surface area (Å²) in [6, 6.07) is 9.31. The molecule has 154 valence electrons. The number of hydrogen-bond acceptors (Lipinski definition) is 4. The van der Waals surface area contributed by atoms with Crippen molar-refractivity contribution in [2.24, 2.45) is 17.8 Å². The van der Waals surface area contributed by atoms with Gasteiger partial charge in [-0.05, 0) is 31.4 Å². The Hall–Kier alpha value is -1.36. The van der Waals surface area contributed by atoms with Crippen LogP contribution in [0.15, 0.2) is 30.3 Å². The van der Waals surface area contributed by atoms with Crippen LogP contribution in [0, 0.1) is 17.8 Å². The van der Waals surface area contributed by atoms with Crippen LogP contribution < -0.4 is 0 Å². The molecule has 3 aliphatic rings. The fourth-order valence-corrected chi connectivity index (χ4v) is 5.15. The van der Waals surface area contributed by atoms with Gasteiger partial charge in [0.05, 0.1) is 6.61 Å². The number of rotatable bonds is 4. The first kappa shape index (κ1) is 25.6. The highest BCUT2D eigenvalue weighted by atomic mass is 79.9. The number of nitrogens with zero attached hydrogens (tertiary/aromatic N) is 1. The third-order valence-corrected chi connectivity index (χ3v) is 6.48. The first-order valence-corrected chi connectivity index (χ1v) is 8.17. The van der Waals surface area contributed by atoms with Crippen molar-refractivity contribution in [2.45, 2.75) is 30.3 Å². The van der Waals surface area contributed by atoms with Crippen molar-refractivity contribution >= 4 is 28.7 Å². The quantitative estimate of drug-likeness (QED) is 0.599. The molecule has 6 atom stereocenters. The van der Waals surface area contributed by atoms with Crippen LogP contribution in [0.1, 0.15) is 18.4 Å². The Morgan fingerprint density at radius 3 is 2.00 bits per heavy atom. The summed E-state index contributed by atoms with van der Waals surface area (Å²) in [5.41, 5.74) is -0.622. The average molecular weight is 450 g/mol. The number of Topliss-reactive ketones (excluding diaryl/α,β-unsaturated/α-hetero) is 1. The van der Waals surface area contributed by atoms with E-state index in [1.54, 1.807) is 12.1 Å². The zero-order valence-electron chi connectivity index (χ0n) is 15.0. The van der Waals surface area contributed by atoms with Crippen LogP contribution in [0.3, 0.4) is 0 Å². The third-order valence-electron chi connectivity index (χ3n) is 6.48. The normalized spacial score (nSPS) is 32.4. The second-order valence-corrected chi connectivity index (χ2v) is 7.22. The molecule has 2 saturated heterocycles. The van der Waals surface area contributed by atoms with Gasteiger partial charge in [0.15, 0.2) is 0 Å². The molecule has 8 N–H and O–H groups in total. The summed E-state index contributed by atoms with van der Waals surface area (Å²) in [7, 11) is 2.04. The molecule has 0 aromatic heterocycles. The topological polar surface area (TPSA) is 172 Å². The van der Waals surface area contributed by atoms with Gasteiger partial charge in [0.25, 0.3) is 0 Å². The number of aliphatic hydroxyl groups excluding tert-OH is 1. The standard InChI is InChI=1S/C18H21NO4.BrH.3H2O/c1-19-12-7-11(8-13(19)15-14(12)16(15)21)18(9-20,17(22)23)10-5-3-2-4-6-10;;;;/h2-6,11-15,20H,7-9H2,1H3,(H,22,23);1H;3*1H2/t11?,12-,13+,14+,15-,18-;;;;/m1..../s1. The van der Waals surface area contributed by atoms with Crippen molar-refractivity contribution < 1.29 is 36.2 Å². The molecule has 1 saturated carbocycles. The van der Waals surface area contributed by atoms with Crippen molar-refractivity contribution in [1.82, 2.24) is 4.90 Å². The molecule has 1 aliphatic carbocycles. The molecule has 1 aromatic rings. The van der Waals surface area contributed by atoms with Crippen LogP contribution in [-0.4, -0.2) is 69.0 Å². The lowest BCUT2D eigenvalue weighted by atomic mass is 9.65. The monoisotopic (exact) mass is 449 g/mol. The number of ketones is 1. The van der Waals surface area contributed by atoms with Gasteiger partial charge in [-0.25, -0.2) is 0 Å². The van der Waals surface area contributed by atoms with Gasteiger partial charge in [-0.1, -0.05) is 30.3 Å².